The van der Waals surface area contributed by atoms with Crippen molar-refractivity contribution in [3.63, 3.8) is 0 Å². The maximum Gasteiger partial charge on any atom is 0.234 e. The average Bonchev–Trinajstić information content (AvgIpc) is 2.69. The normalized spacial score (nSPS) is 16.3. The van der Waals surface area contributed by atoms with Gasteiger partial charge in [-0.1, -0.05) is 13.0 Å². The van der Waals surface area contributed by atoms with E-state index in [0.29, 0.717) is 6.54 Å². The average molecular weight is 247 g/mol. The van der Waals surface area contributed by atoms with E-state index < -0.39 is 0 Å². The topological polar surface area (TPSA) is 58.4 Å². The van der Waals surface area contributed by atoms with Gasteiger partial charge >= 0.3 is 0 Å². The van der Waals surface area contributed by atoms with Crippen molar-refractivity contribution in [2.24, 2.45) is 0 Å². The van der Waals surface area contributed by atoms with E-state index in [1.54, 1.807) is 0 Å². The number of anilines is 1. The van der Waals surface area contributed by atoms with Crippen molar-refractivity contribution in [2.75, 3.05) is 12.3 Å². The number of rotatable bonds is 4. The Balaban J connectivity index is 1.89. The molecule has 98 valence electrons. The summed E-state index contributed by atoms with van der Waals surface area (Å²) < 4.78 is 0. The first-order valence-electron chi connectivity index (χ1n) is 6.47. The van der Waals surface area contributed by atoms with Crippen molar-refractivity contribution in [1.82, 2.24) is 10.2 Å². The van der Waals surface area contributed by atoms with E-state index in [2.05, 4.69) is 23.2 Å². The van der Waals surface area contributed by atoms with E-state index in [1.807, 2.05) is 19.1 Å². The third-order valence-corrected chi connectivity index (χ3v) is 3.41. The Kier molecular flexibility index (Phi) is 3.87. The van der Waals surface area contributed by atoms with Gasteiger partial charge in [-0.2, -0.15) is 0 Å². The van der Waals surface area contributed by atoms with Crippen molar-refractivity contribution in [3.05, 3.63) is 29.3 Å². The fourth-order valence-corrected chi connectivity index (χ4v) is 2.22. The molecule has 0 aliphatic carbocycles. The molecule has 3 N–H and O–H groups in total. The van der Waals surface area contributed by atoms with Gasteiger partial charge in [0.05, 0.1) is 6.54 Å². The third-order valence-electron chi connectivity index (χ3n) is 3.41. The van der Waals surface area contributed by atoms with Crippen LogP contribution in [0.5, 0.6) is 0 Å². The summed E-state index contributed by atoms with van der Waals surface area (Å²) >= 11 is 0. The summed E-state index contributed by atoms with van der Waals surface area (Å²) in [5.41, 5.74) is 9.08. The molecule has 18 heavy (non-hydrogen) atoms. The molecule has 0 saturated heterocycles. The molecule has 1 heterocycles. The number of carbonyl (C=O) groups excluding carboxylic acids is 1. The fourth-order valence-electron chi connectivity index (χ4n) is 2.22. The van der Waals surface area contributed by atoms with E-state index in [-0.39, 0.29) is 11.9 Å². The van der Waals surface area contributed by atoms with Crippen LogP contribution < -0.4 is 11.1 Å². The molecule has 0 saturated carbocycles. The van der Waals surface area contributed by atoms with E-state index in [4.69, 9.17) is 5.73 Å². The third kappa shape index (κ3) is 3.01. The summed E-state index contributed by atoms with van der Waals surface area (Å²) in [6, 6.07) is 6.22. The number of benzene rings is 1. The second kappa shape index (κ2) is 5.40. The van der Waals surface area contributed by atoms with Crippen molar-refractivity contribution < 1.29 is 4.79 Å². The Morgan fingerprint density at radius 3 is 2.89 bits per heavy atom. The number of amides is 1. The molecule has 1 aromatic carbocycles. The summed E-state index contributed by atoms with van der Waals surface area (Å²) in [6.07, 6.45) is 0.961. The summed E-state index contributed by atoms with van der Waals surface area (Å²) in [5.74, 6) is 0.102. The van der Waals surface area contributed by atoms with Crippen molar-refractivity contribution in [2.45, 2.75) is 39.4 Å². The first-order valence-corrected chi connectivity index (χ1v) is 6.47. The molecule has 0 spiro atoms. The lowest BCUT2D eigenvalue weighted by Gasteiger charge is -2.17. The molecular weight excluding hydrogens is 226 g/mol. The van der Waals surface area contributed by atoms with Gasteiger partial charge in [0.15, 0.2) is 0 Å². The molecule has 1 amide bonds. The first-order chi connectivity index (χ1) is 8.58. The van der Waals surface area contributed by atoms with Gasteiger partial charge in [-0.15, -0.1) is 0 Å². The lowest BCUT2D eigenvalue weighted by Crippen LogP contribution is -2.39. The van der Waals surface area contributed by atoms with Crippen molar-refractivity contribution in [3.8, 4) is 0 Å². The minimum Gasteiger partial charge on any atom is -0.399 e. The van der Waals surface area contributed by atoms with Crippen LogP contribution in [0.2, 0.25) is 0 Å². The highest BCUT2D eigenvalue weighted by atomic mass is 16.2. The summed E-state index contributed by atoms with van der Waals surface area (Å²) in [7, 11) is 0. The zero-order chi connectivity index (χ0) is 13.1. The highest BCUT2D eigenvalue weighted by molar-refractivity contribution is 5.78. The molecule has 1 aromatic rings. The lowest BCUT2D eigenvalue weighted by molar-refractivity contribution is -0.123. The van der Waals surface area contributed by atoms with Gasteiger partial charge in [-0.25, -0.2) is 0 Å². The lowest BCUT2D eigenvalue weighted by atomic mass is 10.1. The van der Waals surface area contributed by atoms with Crippen LogP contribution in [0.1, 0.15) is 31.4 Å². The number of nitrogens with two attached hydrogens (primary N) is 1. The van der Waals surface area contributed by atoms with Crippen LogP contribution in [0.25, 0.3) is 0 Å². The summed E-state index contributed by atoms with van der Waals surface area (Å²) in [4.78, 5) is 13.9. The molecule has 0 bridgehead atoms. The maximum absolute atomic E-state index is 11.8. The number of hydrogen-bond acceptors (Lipinski definition) is 3. The fraction of sp³-hybridized carbons (Fsp3) is 0.500. The zero-order valence-corrected chi connectivity index (χ0v) is 11.1. The number of fused-ring (bicyclic) bond motifs is 1. The van der Waals surface area contributed by atoms with Crippen LogP contribution in [0, 0.1) is 0 Å². The Labute approximate surface area is 108 Å². The van der Waals surface area contributed by atoms with E-state index in [0.717, 1.165) is 25.2 Å². The Bertz CT molecular complexity index is 445. The zero-order valence-electron chi connectivity index (χ0n) is 11.1. The molecule has 0 radical (unpaired) electrons. The largest absolute Gasteiger partial charge is 0.399 e. The molecular formula is C14H21N3O. The molecule has 2 rings (SSSR count). The van der Waals surface area contributed by atoms with E-state index >= 15 is 0 Å². The minimum absolute atomic E-state index is 0.102. The molecule has 1 unspecified atom stereocenters. The number of carbonyl (C=O) groups is 1. The highest BCUT2D eigenvalue weighted by Gasteiger charge is 2.21. The molecule has 4 nitrogen and oxygen atoms in total. The van der Waals surface area contributed by atoms with Crippen LogP contribution in [0.15, 0.2) is 18.2 Å². The van der Waals surface area contributed by atoms with Gasteiger partial charge in [0.1, 0.15) is 0 Å². The maximum atomic E-state index is 11.8. The van der Waals surface area contributed by atoms with Crippen LogP contribution >= 0.6 is 0 Å². The van der Waals surface area contributed by atoms with Gasteiger partial charge < -0.3 is 11.1 Å². The smallest absolute Gasteiger partial charge is 0.234 e. The predicted octanol–water partition coefficient (Wildman–Crippen LogP) is 1.50. The Morgan fingerprint density at radius 2 is 2.17 bits per heavy atom. The Hall–Kier alpha value is -1.55. The second-order valence-electron chi connectivity index (χ2n) is 5.05. The van der Waals surface area contributed by atoms with E-state index in [9.17, 15) is 4.79 Å². The molecule has 1 atom stereocenters. The quantitative estimate of drug-likeness (QED) is 0.793. The van der Waals surface area contributed by atoms with Gasteiger partial charge in [0, 0.05) is 24.8 Å². The number of nitrogen functional groups attached to an aromatic ring is 1. The Morgan fingerprint density at radius 1 is 1.44 bits per heavy atom. The number of hydrogen-bond donors (Lipinski definition) is 2. The van der Waals surface area contributed by atoms with Crippen LogP contribution in [0.4, 0.5) is 5.69 Å². The van der Waals surface area contributed by atoms with Crippen molar-refractivity contribution >= 4 is 11.6 Å². The van der Waals surface area contributed by atoms with Crippen molar-refractivity contribution in [1.29, 1.82) is 0 Å². The molecule has 1 aliphatic heterocycles. The molecule has 0 fully saturated rings. The second-order valence-corrected chi connectivity index (χ2v) is 5.05. The van der Waals surface area contributed by atoms with Crippen LogP contribution in [0.3, 0.4) is 0 Å². The highest BCUT2D eigenvalue weighted by Crippen LogP contribution is 2.24. The first kappa shape index (κ1) is 12.9. The molecule has 4 heteroatoms. The van der Waals surface area contributed by atoms with Crippen LogP contribution in [-0.2, 0) is 17.9 Å². The number of nitrogens with one attached hydrogen (secondary N) is 1. The summed E-state index contributed by atoms with van der Waals surface area (Å²) in [6.45, 7) is 6.20. The van der Waals surface area contributed by atoms with E-state index in [1.165, 1.54) is 11.1 Å². The van der Waals surface area contributed by atoms with Gasteiger partial charge in [-0.05, 0) is 36.6 Å². The number of nitrogens with zero attached hydrogens (tertiary/aromatic N) is 1. The predicted molar refractivity (Wildman–Crippen MR) is 72.9 cm³/mol. The molecule has 0 aromatic heterocycles. The summed E-state index contributed by atoms with van der Waals surface area (Å²) in [5, 5.41) is 2.99. The van der Waals surface area contributed by atoms with Gasteiger partial charge in [-0.3, -0.25) is 9.69 Å². The SMILES string of the molecule is CCC(C)NC(=O)CN1Cc2ccc(N)cc2C1. The van der Waals surface area contributed by atoms with Gasteiger partial charge in [0.2, 0.25) is 5.91 Å². The minimum atomic E-state index is 0.102. The van der Waals surface area contributed by atoms with Crippen LogP contribution in [-0.4, -0.2) is 23.4 Å². The monoisotopic (exact) mass is 247 g/mol. The standard InChI is InChI=1S/C14H21N3O/c1-3-10(2)16-14(18)9-17-7-11-4-5-13(15)6-12(11)8-17/h4-6,10H,3,7-9,15H2,1-2H3,(H,16,18). The molecule has 1 aliphatic rings. The van der Waals surface area contributed by atoms with Gasteiger partial charge in [0.25, 0.3) is 0 Å².